The quantitative estimate of drug-likeness (QED) is 0.585. The van der Waals surface area contributed by atoms with Crippen molar-refractivity contribution in [1.29, 1.82) is 0 Å². The van der Waals surface area contributed by atoms with Gasteiger partial charge < -0.3 is 15.0 Å². The predicted molar refractivity (Wildman–Crippen MR) is 114 cm³/mol. The number of quaternary nitrogens is 1. The van der Waals surface area contributed by atoms with E-state index < -0.39 is 0 Å². The summed E-state index contributed by atoms with van der Waals surface area (Å²) in [5.41, 5.74) is 2.11. The van der Waals surface area contributed by atoms with Crippen LogP contribution >= 0.6 is 11.3 Å². The van der Waals surface area contributed by atoms with Gasteiger partial charge in [0.15, 0.2) is 6.54 Å². The molecule has 2 N–H and O–H groups in total. The molecule has 0 aliphatic heterocycles. The molecule has 0 aliphatic carbocycles. The van der Waals surface area contributed by atoms with Crippen LogP contribution in [0.2, 0.25) is 0 Å². The lowest BCUT2D eigenvalue weighted by Gasteiger charge is -2.22. The van der Waals surface area contributed by atoms with Crippen LogP contribution in [0.25, 0.3) is 0 Å². The summed E-state index contributed by atoms with van der Waals surface area (Å²) >= 11 is 1.74. The van der Waals surface area contributed by atoms with E-state index in [2.05, 4.69) is 29.8 Å². The molecule has 5 heteroatoms. The SMILES string of the molecule is CC[NH+](CC(=O)N[C@@H](c1ccccc1)c1ccc(OC)cc1)Cc1cccs1. The van der Waals surface area contributed by atoms with Gasteiger partial charge in [0.05, 0.1) is 24.6 Å². The minimum Gasteiger partial charge on any atom is -0.497 e. The van der Waals surface area contributed by atoms with Crippen molar-refractivity contribution in [3.63, 3.8) is 0 Å². The molecule has 2 aromatic carbocycles. The fraction of sp³-hybridized carbons (Fsp3) is 0.261. The van der Waals surface area contributed by atoms with E-state index in [0.717, 1.165) is 30.0 Å². The Kier molecular flexibility index (Phi) is 7.23. The molecule has 0 fully saturated rings. The molecule has 28 heavy (non-hydrogen) atoms. The third-order valence-electron chi connectivity index (χ3n) is 4.80. The lowest BCUT2D eigenvalue weighted by Crippen LogP contribution is -3.11. The number of amides is 1. The molecule has 1 heterocycles. The fourth-order valence-corrected chi connectivity index (χ4v) is 3.99. The first-order chi connectivity index (χ1) is 13.7. The Labute approximate surface area is 170 Å². The molecule has 1 unspecified atom stereocenters. The van der Waals surface area contributed by atoms with Crippen molar-refractivity contribution < 1.29 is 14.4 Å². The van der Waals surface area contributed by atoms with Gasteiger partial charge in [-0.3, -0.25) is 4.79 Å². The maximum Gasteiger partial charge on any atom is 0.275 e. The Bertz CT molecular complexity index is 848. The third kappa shape index (κ3) is 5.44. The predicted octanol–water partition coefficient (Wildman–Crippen LogP) is 3.07. The standard InChI is InChI=1S/C23H26N2O2S/c1-3-25(16-21-10-7-15-28-21)17-22(26)24-23(18-8-5-4-6-9-18)19-11-13-20(27-2)14-12-19/h4-15,23H,3,16-17H2,1-2H3,(H,24,26)/p+1/t23-/m0/s1. The average Bonchev–Trinajstić information content (AvgIpc) is 3.25. The number of ether oxygens (including phenoxy) is 1. The number of hydrogen-bond acceptors (Lipinski definition) is 3. The zero-order valence-electron chi connectivity index (χ0n) is 16.4. The topological polar surface area (TPSA) is 42.8 Å². The van der Waals surface area contributed by atoms with Crippen LogP contribution in [0.3, 0.4) is 0 Å². The van der Waals surface area contributed by atoms with Gasteiger partial charge in [-0.15, -0.1) is 11.3 Å². The monoisotopic (exact) mass is 395 g/mol. The second kappa shape index (κ2) is 10.1. The van der Waals surface area contributed by atoms with E-state index in [1.807, 2.05) is 54.6 Å². The van der Waals surface area contributed by atoms with Gasteiger partial charge in [0.25, 0.3) is 5.91 Å². The fourth-order valence-electron chi connectivity index (χ4n) is 3.21. The molecule has 4 nitrogen and oxygen atoms in total. The Morgan fingerprint density at radius 1 is 1.04 bits per heavy atom. The molecule has 0 saturated heterocycles. The van der Waals surface area contributed by atoms with E-state index in [0.29, 0.717) is 6.54 Å². The minimum atomic E-state index is -0.181. The molecule has 0 saturated carbocycles. The molecule has 0 radical (unpaired) electrons. The molecule has 3 aromatic rings. The van der Waals surface area contributed by atoms with Gasteiger partial charge in [-0.25, -0.2) is 0 Å². The molecule has 0 aliphatic rings. The molecule has 0 bridgehead atoms. The van der Waals surface area contributed by atoms with Crippen LogP contribution in [0.1, 0.15) is 29.0 Å². The summed E-state index contributed by atoms with van der Waals surface area (Å²) in [7, 11) is 1.65. The first-order valence-electron chi connectivity index (χ1n) is 9.53. The zero-order chi connectivity index (χ0) is 19.8. The van der Waals surface area contributed by atoms with E-state index in [-0.39, 0.29) is 11.9 Å². The Morgan fingerprint density at radius 2 is 1.75 bits per heavy atom. The maximum absolute atomic E-state index is 12.9. The smallest absolute Gasteiger partial charge is 0.275 e. The largest absolute Gasteiger partial charge is 0.497 e. The molecular formula is C23H27N2O2S+. The van der Waals surface area contributed by atoms with Gasteiger partial charge in [-0.1, -0.05) is 48.5 Å². The van der Waals surface area contributed by atoms with E-state index in [4.69, 9.17) is 4.74 Å². The maximum atomic E-state index is 12.9. The van der Waals surface area contributed by atoms with Crippen molar-refractivity contribution in [2.45, 2.75) is 19.5 Å². The summed E-state index contributed by atoms with van der Waals surface area (Å²) in [6.07, 6.45) is 0. The summed E-state index contributed by atoms with van der Waals surface area (Å²) in [6, 6.07) is 22.0. The van der Waals surface area contributed by atoms with E-state index in [1.165, 1.54) is 9.78 Å². The van der Waals surface area contributed by atoms with Crippen molar-refractivity contribution in [1.82, 2.24) is 5.32 Å². The number of carbonyl (C=O) groups is 1. The van der Waals surface area contributed by atoms with Crippen molar-refractivity contribution in [2.75, 3.05) is 20.2 Å². The van der Waals surface area contributed by atoms with E-state index >= 15 is 0 Å². The number of thiophene rings is 1. The number of likely N-dealkylation sites (N-methyl/N-ethyl adjacent to an activating group) is 1. The number of rotatable bonds is 9. The van der Waals surface area contributed by atoms with Crippen LogP contribution in [-0.2, 0) is 11.3 Å². The van der Waals surface area contributed by atoms with Crippen LogP contribution in [0.4, 0.5) is 0 Å². The van der Waals surface area contributed by atoms with Crippen molar-refractivity contribution >= 4 is 17.2 Å². The van der Waals surface area contributed by atoms with Gasteiger partial charge >= 0.3 is 0 Å². The lowest BCUT2D eigenvalue weighted by atomic mass is 9.98. The Hall–Kier alpha value is -2.63. The lowest BCUT2D eigenvalue weighted by molar-refractivity contribution is -0.903. The molecule has 1 aromatic heterocycles. The van der Waals surface area contributed by atoms with Crippen molar-refractivity contribution in [3.05, 3.63) is 88.1 Å². The van der Waals surface area contributed by atoms with Crippen LogP contribution in [0.5, 0.6) is 5.75 Å². The molecule has 3 rings (SSSR count). The summed E-state index contributed by atoms with van der Waals surface area (Å²) in [5.74, 6) is 0.859. The second-order valence-electron chi connectivity index (χ2n) is 6.72. The van der Waals surface area contributed by atoms with E-state index in [1.54, 1.807) is 18.4 Å². The van der Waals surface area contributed by atoms with Gasteiger partial charge in [-0.05, 0) is 41.6 Å². The number of hydrogen-bond donors (Lipinski definition) is 2. The molecule has 0 spiro atoms. The molecular weight excluding hydrogens is 368 g/mol. The normalized spacial score (nSPS) is 12.9. The highest BCUT2D eigenvalue weighted by Gasteiger charge is 2.20. The van der Waals surface area contributed by atoms with Crippen molar-refractivity contribution in [3.8, 4) is 5.75 Å². The molecule has 1 amide bonds. The van der Waals surface area contributed by atoms with Gasteiger partial charge in [0.1, 0.15) is 12.3 Å². The van der Waals surface area contributed by atoms with Crippen LogP contribution in [-0.4, -0.2) is 26.1 Å². The third-order valence-corrected chi connectivity index (χ3v) is 5.68. The Morgan fingerprint density at radius 3 is 2.36 bits per heavy atom. The van der Waals surface area contributed by atoms with Crippen molar-refractivity contribution in [2.24, 2.45) is 0 Å². The van der Waals surface area contributed by atoms with Gasteiger partial charge in [0, 0.05) is 0 Å². The Balaban J connectivity index is 1.73. The average molecular weight is 396 g/mol. The highest BCUT2D eigenvalue weighted by Crippen LogP contribution is 2.24. The number of benzene rings is 2. The van der Waals surface area contributed by atoms with Crippen LogP contribution in [0, 0.1) is 0 Å². The highest BCUT2D eigenvalue weighted by molar-refractivity contribution is 7.09. The zero-order valence-corrected chi connectivity index (χ0v) is 17.2. The minimum absolute atomic E-state index is 0.0538. The van der Waals surface area contributed by atoms with Gasteiger partial charge in [-0.2, -0.15) is 0 Å². The number of carbonyl (C=O) groups excluding carboxylic acids is 1. The first-order valence-corrected chi connectivity index (χ1v) is 10.4. The van der Waals surface area contributed by atoms with Crippen LogP contribution < -0.4 is 15.0 Å². The summed E-state index contributed by atoms with van der Waals surface area (Å²) < 4.78 is 5.26. The summed E-state index contributed by atoms with van der Waals surface area (Å²) in [4.78, 5) is 15.4. The van der Waals surface area contributed by atoms with Crippen LogP contribution in [0.15, 0.2) is 72.1 Å². The number of nitrogens with one attached hydrogen (secondary N) is 2. The second-order valence-corrected chi connectivity index (χ2v) is 7.75. The van der Waals surface area contributed by atoms with Gasteiger partial charge in [0.2, 0.25) is 0 Å². The highest BCUT2D eigenvalue weighted by atomic mass is 32.1. The summed E-state index contributed by atoms with van der Waals surface area (Å²) in [6.45, 7) is 4.35. The first kappa shape index (κ1) is 20.1. The molecule has 2 atom stereocenters. The molecule has 146 valence electrons. The van der Waals surface area contributed by atoms with E-state index in [9.17, 15) is 4.79 Å². The number of methoxy groups -OCH3 is 1. The summed E-state index contributed by atoms with van der Waals surface area (Å²) in [5, 5.41) is 5.32.